The smallest absolute Gasteiger partial charge is 0.240 e. The molecule has 2 amide bonds. The summed E-state index contributed by atoms with van der Waals surface area (Å²) in [5.74, 6) is -0.196. The van der Waals surface area contributed by atoms with E-state index in [-0.39, 0.29) is 29.9 Å². The van der Waals surface area contributed by atoms with Crippen LogP contribution in [0.4, 0.5) is 5.69 Å². The Morgan fingerprint density at radius 1 is 1.25 bits per heavy atom. The van der Waals surface area contributed by atoms with Gasteiger partial charge < -0.3 is 21.3 Å². The number of carbonyl (C=O) groups excluding carboxylic acids is 2. The SMILES string of the molecule is CC(NC(=O)C1CCCN1)c1ccc(N2CCCC2C(N)=O)cc1. The summed E-state index contributed by atoms with van der Waals surface area (Å²) in [7, 11) is 0. The summed E-state index contributed by atoms with van der Waals surface area (Å²) in [5.41, 5.74) is 7.55. The summed E-state index contributed by atoms with van der Waals surface area (Å²) in [5, 5.41) is 6.28. The van der Waals surface area contributed by atoms with Gasteiger partial charge in [-0.25, -0.2) is 0 Å². The van der Waals surface area contributed by atoms with Crippen molar-refractivity contribution in [3.05, 3.63) is 29.8 Å². The van der Waals surface area contributed by atoms with E-state index >= 15 is 0 Å². The van der Waals surface area contributed by atoms with E-state index in [1.165, 1.54) is 0 Å². The summed E-state index contributed by atoms with van der Waals surface area (Å²) in [6, 6.07) is 7.73. The highest BCUT2D eigenvalue weighted by Gasteiger charge is 2.29. The largest absolute Gasteiger partial charge is 0.368 e. The molecule has 6 heteroatoms. The van der Waals surface area contributed by atoms with Crippen LogP contribution in [-0.4, -0.2) is 37.0 Å². The third-order valence-corrected chi connectivity index (χ3v) is 5.04. The molecule has 130 valence electrons. The van der Waals surface area contributed by atoms with Crippen molar-refractivity contribution in [3.8, 4) is 0 Å². The van der Waals surface area contributed by atoms with Gasteiger partial charge in [-0.3, -0.25) is 9.59 Å². The quantitative estimate of drug-likeness (QED) is 0.754. The van der Waals surface area contributed by atoms with Gasteiger partial charge in [0.05, 0.1) is 12.1 Å². The molecule has 2 fully saturated rings. The molecule has 0 bridgehead atoms. The lowest BCUT2D eigenvalue weighted by Crippen LogP contribution is -2.41. The molecule has 3 rings (SSSR count). The second-order valence-corrected chi connectivity index (χ2v) is 6.72. The number of anilines is 1. The van der Waals surface area contributed by atoms with Crippen LogP contribution in [0, 0.1) is 0 Å². The fourth-order valence-corrected chi connectivity index (χ4v) is 3.63. The number of primary amides is 1. The van der Waals surface area contributed by atoms with Gasteiger partial charge in [-0.15, -0.1) is 0 Å². The zero-order valence-electron chi connectivity index (χ0n) is 14.1. The summed E-state index contributed by atoms with van der Waals surface area (Å²) in [4.78, 5) is 25.8. The Hall–Kier alpha value is -2.08. The van der Waals surface area contributed by atoms with E-state index in [0.29, 0.717) is 0 Å². The fraction of sp³-hybridized carbons (Fsp3) is 0.556. The Morgan fingerprint density at radius 3 is 2.62 bits per heavy atom. The fourth-order valence-electron chi connectivity index (χ4n) is 3.63. The minimum Gasteiger partial charge on any atom is -0.368 e. The van der Waals surface area contributed by atoms with Gasteiger partial charge in [-0.2, -0.15) is 0 Å². The van der Waals surface area contributed by atoms with Gasteiger partial charge in [0.1, 0.15) is 6.04 Å². The predicted molar refractivity (Wildman–Crippen MR) is 93.6 cm³/mol. The number of amides is 2. The molecule has 0 saturated carbocycles. The lowest BCUT2D eigenvalue weighted by atomic mass is 10.1. The van der Waals surface area contributed by atoms with Crippen LogP contribution in [0.2, 0.25) is 0 Å². The molecule has 0 spiro atoms. The Kier molecular flexibility index (Phi) is 5.04. The summed E-state index contributed by atoms with van der Waals surface area (Å²) in [6.07, 6.45) is 3.76. The molecule has 2 heterocycles. The third kappa shape index (κ3) is 3.53. The van der Waals surface area contributed by atoms with Gasteiger partial charge in [0.2, 0.25) is 11.8 Å². The first-order valence-electron chi connectivity index (χ1n) is 8.76. The summed E-state index contributed by atoms with van der Waals surface area (Å²) >= 11 is 0. The Labute approximate surface area is 142 Å². The van der Waals surface area contributed by atoms with Crippen LogP contribution in [0.15, 0.2) is 24.3 Å². The summed E-state index contributed by atoms with van der Waals surface area (Å²) in [6.45, 7) is 3.76. The van der Waals surface area contributed by atoms with E-state index in [1.807, 2.05) is 31.2 Å². The van der Waals surface area contributed by atoms with E-state index in [9.17, 15) is 9.59 Å². The predicted octanol–water partition coefficient (Wildman–Crippen LogP) is 1.07. The van der Waals surface area contributed by atoms with Crippen molar-refractivity contribution < 1.29 is 9.59 Å². The van der Waals surface area contributed by atoms with Crippen molar-refractivity contribution in [1.29, 1.82) is 0 Å². The number of benzene rings is 1. The number of nitrogens with one attached hydrogen (secondary N) is 2. The standard InChI is InChI=1S/C18H26N4O2/c1-12(21-18(24)15-4-2-10-20-15)13-6-8-14(9-7-13)22-11-3-5-16(22)17(19)23/h6-9,12,15-16,20H,2-5,10-11H2,1H3,(H2,19,23)(H,21,24). The molecule has 1 aromatic carbocycles. The molecule has 1 aromatic rings. The molecule has 3 unspecified atom stereocenters. The third-order valence-electron chi connectivity index (χ3n) is 5.04. The lowest BCUT2D eigenvalue weighted by molar-refractivity contribution is -0.123. The number of hydrogen-bond donors (Lipinski definition) is 3. The molecule has 2 saturated heterocycles. The Balaban J connectivity index is 1.63. The van der Waals surface area contributed by atoms with Crippen LogP contribution in [0.1, 0.15) is 44.2 Å². The van der Waals surface area contributed by atoms with Gasteiger partial charge in [0.15, 0.2) is 0 Å². The van der Waals surface area contributed by atoms with E-state index < -0.39 is 0 Å². The maximum absolute atomic E-state index is 12.2. The van der Waals surface area contributed by atoms with Crippen molar-refractivity contribution in [2.75, 3.05) is 18.0 Å². The van der Waals surface area contributed by atoms with Crippen LogP contribution in [0.5, 0.6) is 0 Å². The van der Waals surface area contributed by atoms with Gasteiger partial charge in [0.25, 0.3) is 0 Å². The lowest BCUT2D eigenvalue weighted by Gasteiger charge is -2.25. The minimum atomic E-state index is -0.263. The normalized spacial score (nSPS) is 24.8. The van der Waals surface area contributed by atoms with Crippen molar-refractivity contribution in [2.45, 2.75) is 50.7 Å². The van der Waals surface area contributed by atoms with Gasteiger partial charge in [0, 0.05) is 12.2 Å². The topological polar surface area (TPSA) is 87.5 Å². The zero-order chi connectivity index (χ0) is 17.1. The number of hydrogen-bond acceptors (Lipinski definition) is 4. The van der Waals surface area contributed by atoms with Crippen LogP contribution < -0.4 is 21.3 Å². The maximum atomic E-state index is 12.2. The molecular weight excluding hydrogens is 304 g/mol. The van der Waals surface area contributed by atoms with E-state index in [2.05, 4.69) is 15.5 Å². The molecule has 2 aliphatic rings. The molecule has 24 heavy (non-hydrogen) atoms. The molecule has 6 nitrogen and oxygen atoms in total. The average molecular weight is 330 g/mol. The molecule has 0 aromatic heterocycles. The van der Waals surface area contributed by atoms with Gasteiger partial charge in [-0.05, 0) is 56.8 Å². The minimum absolute atomic E-state index is 0.0422. The van der Waals surface area contributed by atoms with Crippen LogP contribution in [-0.2, 0) is 9.59 Å². The van der Waals surface area contributed by atoms with Crippen LogP contribution in [0.25, 0.3) is 0 Å². The highest BCUT2D eigenvalue weighted by atomic mass is 16.2. The highest BCUT2D eigenvalue weighted by molar-refractivity contribution is 5.84. The first-order chi connectivity index (χ1) is 11.6. The second-order valence-electron chi connectivity index (χ2n) is 6.72. The van der Waals surface area contributed by atoms with E-state index in [0.717, 1.165) is 50.0 Å². The number of rotatable bonds is 5. The van der Waals surface area contributed by atoms with Crippen LogP contribution >= 0.6 is 0 Å². The molecule has 0 radical (unpaired) electrons. The number of carbonyl (C=O) groups is 2. The van der Waals surface area contributed by atoms with Crippen LogP contribution in [0.3, 0.4) is 0 Å². The monoisotopic (exact) mass is 330 g/mol. The molecule has 4 N–H and O–H groups in total. The number of nitrogens with zero attached hydrogens (tertiary/aromatic N) is 1. The zero-order valence-corrected chi connectivity index (χ0v) is 14.1. The molecule has 0 aliphatic carbocycles. The molecular formula is C18H26N4O2. The first kappa shape index (κ1) is 16.8. The van der Waals surface area contributed by atoms with Gasteiger partial charge >= 0.3 is 0 Å². The van der Waals surface area contributed by atoms with Crippen molar-refractivity contribution in [1.82, 2.24) is 10.6 Å². The maximum Gasteiger partial charge on any atom is 0.240 e. The van der Waals surface area contributed by atoms with E-state index in [4.69, 9.17) is 5.73 Å². The number of nitrogens with two attached hydrogens (primary N) is 1. The first-order valence-corrected chi connectivity index (χ1v) is 8.76. The van der Waals surface area contributed by atoms with Crippen molar-refractivity contribution in [3.63, 3.8) is 0 Å². The summed E-state index contributed by atoms with van der Waals surface area (Å²) < 4.78 is 0. The Bertz CT molecular complexity index is 596. The second kappa shape index (κ2) is 7.21. The Morgan fingerprint density at radius 2 is 2.00 bits per heavy atom. The van der Waals surface area contributed by atoms with Gasteiger partial charge in [-0.1, -0.05) is 12.1 Å². The van der Waals surface area contributed by atoms with Crippen molar-refractivity contribution in [2.24, 2.45) is 5.73 Å². The molecule has 2 aliphatic heterocycles. The highest BCUT2D eigenvalue weighted by Crippen LogP contribution is 2.27. The van der Waals surface area contributed by atoms with Crippen molar-refractivity contribution >= 4 is 17.5 Å². The average Bonchev–Trinajstić information content (AvgIpc) is 3.26. The molecule has 3 atom stereocenters. The van der Waals surface area contributed by atoms with E-state index in [1.54, 1.807) is 0 Å².